The average molecular weight is 361 g/mol. The molecule has 1 aliphatic heterocycles. The molecule has 6 heteroatoms. The lowest BCUT2D eigenvalue weighted by atomic mass is 9.86. The van der Waals surface area contributed by atoms with Gasteiger partial charge in [-0.1, -0.05) is 32.9 Å². The molecule has 0 N–H and O–H groups in total. The van der Waals surface area contributed by atoms with Gasteiger partial charge in [0, 0.05) is 0 Å². The van der Waals surface area contributed by atoms with Crippen molar-refractivity contribution in [3.8, 4) is 11.5 Å². The Morgan fingerprint density at radius 1 is 1.08 bits per heavy atom. The first-order valence-electron chi connectivity index (χ1n) is 8.15. The van der Waals surface area contributed by atoms with E-state index in [-0.39, 0.29) is 16.4 Å². The minimum atomic E-state index is -3.73. The van der Waals surface area contributed by atoms with Crippen LogP contribution in [0, 0.1) is 5.41 Å². The van der Waals surface area contributed by atoms with Gasteiger partial charge in [-0.15, -0.1) is 0 Å². The van der Waals surface area contributed by atoms with Crippen LogP contribution in [0.5, 0.6) is 11.5 Å². The molecule has 0 bridgehead atoms. The molecule has 134 valence electrons. The van der Waals surface area contributed by atoms with Crippen LogP contribution >= 0.6 is 0 Å². The van der Waals surface area contributed by atoms with Gasteiger partial charge < -0.3 is 9.47 Å². The van der Waals surface area contributed by atoms with Gasteiger partial charge in [0.25, 0.3) is 10.0 Å². The Morgan fingerprint density at radius 2 is 1.72 bits per heavy atom. The molecule has 0 fully saturated rings. The van der Waals surface area contributed by atoms with E-state index in [1.807, 2.05) is 32.9 Å². The number of hydrogen-bond acceptors (Lipinski definition) is 4. The van der Waals surface area contributed by atoms with Crippen molar-refractivity contribution in [2.75, 3.05) is 18.0 Å². The van der Waals surface area contributed by atoms with Crippen molar-refractivity contribution in [2.45, 2.75) is 31.7 Å². The molecule has 1 atom stereocenters. The number of para-hydroxylation sites is 2. The zero-order valence-corrected chi connectivity index (χ0v) is 15.7. The highest BCUT2D eigenvalue weighted by Crippen LogP contribution is 2.42. The van der Waals surface area contributed by atoms with Crippen LogP contribution in [0.3, 0.4) is 0 Å². The molecular weight excluding hydrogens is 338 g/mol. The second kappa shape index (κ2) is 6.26. The molecule has 0 aromatic heterocycles. The molecule has 0 saturated carbocycles. The van der Waals surface area contributed by atoms with Crippen molar-refractivity contribution >= 4 is 15.7 Å². The summed E-state index contributed by atoms with van der Waals surface area (Å²) in [6.07, 6.45) is 0. The third-order valence-corrected chi connectivity index (χ3v) is 6.24. The van der Waals surface area contributed by atoms with Gasteiger partial charge in [-0.25, -0.2) is 8.42 Å². The highest BCUT2D eigenvalue weighted by atomic mass is 32.2. The van der Waals surface area contributed by atoms with E-state index in [2.05, 4.69) is 0 Å². The number of rotatable bonds is 3. The van der Waals surface area contributed by atoms with E-state index in [1.165, 1.54) is 4.31 Å². The van der Waals surface area contributed by atoms with E-state index in [9.17, 15) is 8.42 Å². The molecule has 2 aromatic carbocycles. The SMILES string of the molecule is COc1ccc(S(=O)(=O)N2c3ccccc3OC[C@@H]2C(C)(C)C)cc1. The maximum Gasteiger partial charge on any atom is 0.264 e. The molecular formula is C19H23NO4S. The lowest BCUT2D eigenvalue weighted by Gasteiger charge is -2.43. The summed E-state index contributed by atoms with van der Waals surface area (Å²) in [6.45, 7) is 6.37. The van der Waals surface area contributed by atoms with Crippen molar-refractivity contribution in [3.63, 3.8) is 0 Å². The normalized spacial score (nSPS) is 17.6. The van der Waals surface area contributed by atoms with E-state index in [0.717, 1.165) is 0 Å². The average Bonchev–Trinajstić information content (AvgIpc) is 2.59. The summed E-state index contributed by atoms with van der Waals surface area (Å²) in [6, 6.07) is 13.4. The smallest absolute Gasteiger partial charge is 0.264 e. The number of nitrogens with zero attached hydrogens (tertiary/aromatic N) is 1. The van der Waals surface area contributed by atoms with Gasteiger partial charge >= 0.3 is 0 Å². The molecule has 0 amide bonds. The standard InChI is InChI=1S/C19H23NO4S/c1-19(2,3)18-13-24-17-8-6-5-7-16(17)20(18)25(21,22)15-11-9-14(23-4)10-12-15/h5-12,18H,13H2,1-4H3/t18-/m1/s1. The monoisotopic (exact) mass is 361 g/mol. The highest BCUT2D eigenvalue weighted by Gasteiger charge is 2.42. The molecule has 1 heterocycles. The summed E-state index contributed by atoms with van der Waals surface area (Å²) in [5, 5.41) is 0. The van der Waals surface area contributed by atoms with Crippen LogP contribution in [0.2, 0.25) is 0 Å². The molecule has 0 unspecified atom stereocenters. The quantitative estimate of drug-likeness (QED) is 0.836. The van der Waals surface area contributed by atoms with Crippen LogP contribution in [-0.4, -0.2) is 28.2 Å². The lowest BCUT2D eigenvalue weighted by Crippen LogP contribution is -2.53. The van der Waals surface area contributed by atoms with Crippen molar-refractivity contribution in [3.05, 3.63) is 48.5 Å². The summed E-state index contributed by atoms with van der Waals surface area (Å²) < 4.78 is 39.3. The van der Waals surface area contributed by atoms with E-state index in [1.54, 1.807) is 43.5 Å². The predicted molar refractivity (Wildman–Crippen MR) is 97.8 cm³/mol. The number of sulfonamides is 1. The molecule has 1 aliphatic rings. The van der Waals surface area contributed by atoms with Crippen molar-refractivity contribution in [2.24, 2.45) is 5.41 Å². The summed E-state index contributed by atoms with van der Waals surface area (Å²) in [5.41, 5.74) is 0.289. The van der Waals surface area contributed by atoms with Gasteiger partial charge in [0.15, 0.2) is 0 Å². The maximum atomic E-state index is 13.4. The Balaban J connectivity index is 2.14. The Kier molecular flexibility index (Phi) is 4.41. The largest absolute Gasteiger partial charge is 0.497 e. The first kappa shape index (κ1) is 17.6. The zero-order chi connectivity index (χ0) is 18.2. The van der Waals surface area contributed by atoms with Gasteiger partial charge in [0.1, 0.15) is 18.1 Å². The van der Waals surface area contributed by atoms with E-state index in [0.29, 0.717) is 23.8 Å². The first-order valence-corrected chi connectivity index (χ1v) is 9.59. The number of benzene rings is 2. The predicted octanol–water partition coefficient (Wildman–Crippen LogP) is 3.70. The third kappa shape index (κ3) is 3.18. The first-order chi connectivity index (χ1) is 11.7. The highest BCUT2D eigenvalue weighted by molar-refractivity contribution is 7.92. The molecule has 0 saturated heterocycles. The van der Waals surface area contributed by atoms with Crippen LogP contribution < -0.4 is 13.8 Å². The second-order valence-corrected chi connectivity index (χ2v) is 8.95. The topological polar surface area (TPSA) is 55.8 Å². The number of methoxy groups -OCH3 is 1. The third-order valence-electron chi connectivity index (χ3n) is 4.40. The Hall–Kier alpha value is -2.21. The van der Waals surface area contributed by atoms with Gasteiger partial charge in [-0.3, -0.25) is 4.31 Å². The number of ether oxygens (including phenoxy) is 2. The Morgan fingerprint density at radius 3 is 2.32 bits per heavy atom. The van der Waals surface area contributed by atoms with Crippen LogP contribution in [-0.2, 0) is 10.0 Å². The van der Waals surface area contributed by atoms with Gasteiger partial charge in [0.2, 0.25) is 0 Å². The molecule has 25 heavy (non-hydrogen) atoms. The summed E-state index contributed by atoms with van der Waals surface area (Å²) >= 11 is 0. The molecule has 0 aliphatic carbocycles. The summed E-state index contributed by atoms with van der Waals surface area (Å²) in [4.78, 5) is 0.235. The van der Waals surface area contributed by atoms with E-state index < -0.39 is 10.0 Å². The fraction of sp³-hybridized carbons (Fsp3) is 0.368. The van der Waals surface area contributed by atoms with Gasteiger partial charge in [0.05, 0.1) is 23.7 Å². The molecule has 5 nitrogen and oxygen atoms in total. The minimum Gasteiger partial charge on any atom is -0.497 e. The fourth-order valence-electron chi connectivity index (χ4n) is 2.93. The van der Waals surface area contributed by atoms with Gasteiger partial charge in [-0.05, 0) is 41.8 Å². The van der Waals surface area contributed by atoms with Crippen LogP contribution in [0.4, 0.5) is 5.69 Å². The fourth-order valence-corrected chi connectivity index (χ4v) is 4.75. The lowest BCUT2D eigenvalue weighted by molar-refractivity contribution is 0.193. The van der Waals surface area contributed by atoms with Crippen molar-refractivity contribution < 1.29 is 17.9 Å². The van der Waals surface area contributed by atoms with Crippen LogP contribution in [0.25, 0.3) is 0 Å². The zero-order valence-electron chi connectivity index (χ0n) is 14.9. The second-order valence-electron chi connectivity index (χ2n) is 7.14. The Bertz CT molecular complexity index is 854. The Labute approximate surface area is 149 Å². The molecule has 0 spiro atoms. The van der Waals surface area contributed by atoms with Crippen LogP contribution in [0.15, 0.2) is 53.4 Å². The molecule has 3 rings (SSSR count). The summed E-state index contributed by atoms with van der Waals surface area (Å²) in [7, 11) is -2.18. The van der Waals surface area contributed by atoms with Crippen molar-refractivity contribution in [1.29, 1.82) is 0 Å². The van der Waals surface area contributed by atoms with Crippen LogP contribution in [0.1, 0.15) is 20.8 Å². The molecule has 0 radical (unpaired) electrons. The van der Waals surface area contributed by atoms with E-state index in [4.69, 9.17) is 9.47 Å². The summed E-state index contributed by atoms with van der Waals surface area (Å²) in [5.74, 6) is 1.20. The number of fused-ring (bicyclic) bond motifs is 1. The minimum absolute atomic E-state index is 0.235. The van der Waals surface area contributed by atoms with E-state index >= 15 is 0 Å². The van der Waals surface area contributed by atoms with Crippen molar-refractivity contribution in [1.82, 2.24) is 0 Å². The number of anilines is 1. The maximum absolute atomic E-state index is 13.4. The van der Waals surface area contributed by atoms with Gasteiger partial charge in [-0.2, -0.15) is 0 Å². The number of hydrogen-bond donors (Lipinski definition) is 0. The molecule has 2 aromatic rings.